The van der Waals surface area contributed by atoms with Crippen LogP contribution in [0.25, 0.3) is 5.65 Å². The van der Waals surface area contributed by atoms with Gasteiger partial charge in [-0.05, 0) is 47.8 Å². The maximum absolute atomic E-state index is 12.4. The van der Waals surface area contributed by atoms with E-state index >= 15 is 0 Å². The molecule has 0 saturated heterocycles. The SMILES string of the molecule is CC1(N)CCCCC1C(=O)NCc1cn2cc(Br)ccc2n1.Cl.Cl. The molecular formula is C16H23BrCl2N4O. The molecule has 1 aliphatic carbocycles. The Labute approximate surface area is 162 Å². The summed E-state index contributed by atoms with van der Waals surface area (Å²) in [5, 5.41) is 2.99. The Morgan fingerprint density at radius 2 is 2.17 bits per heavy atom. The number of pyridine rings is 1. The van der Waals surface area contributed by atoms with Crippen molar-refractivity contribution >= 4 is 52.3 Å². The summed E-state index contributed by atoms with van der Waals surface area (Å²) < 4.78 is 2.94. The molecule has 0 bridgehead atoms. The lowest BCUT2D eigenvalue weighted by Gasteiger charge is -2.37. The number of carbonyl (C=O) groups excluding carboxylic acids is 1. The van der Waals surface area contributed by atoms with Gasteiger partial charge in [-0.25, -0.2) is 4.98 Å². The molecule has 0 aliphatic heterocycles. The zero-order valence-electron chi connectivity index (χ0n) is 13.5. The smallest absolute Gasteiger partial charge is 0.225 e. The van der Waals surface area contributed by atoms with Gasteiger partial charge in [0, 0.05) is 22.4 Å². The highest BCUT2D eigenvalue weighted by Crippen LogP contribution is 2.31. The van der Waals surface area contributed by atoms with Crippen molar-refractivity contribution in [1.82, 2.24) is 14.7 Å². The average molecular weight is 438 g/mol. The number of rotatable bonds is 3. The molecule has 0 aromatic carbocycles. The van der Waals surface area contributed by atoms with Crippen LogP contribution in [-0.2, 0) is 11.3 Å². The third kappa shape index (κ3) is 4.63. The summed E-state index contributed by atoms with van der Waals surface area (Å²) in [7, 11) is 0. The highest BCUT2D eigenvalue weighted by Gasteiger charge is 2.37. The first-order valence-electron chi connectivity index (χ1n) is 7.65. The number of aromatic nitrogens is 2. The highest BCUT2D eigenvalue weighted by atomic mass is 79.9. The molecule has 0 radical (unpaired) electrons. The molecule has 1 amide bonds. The number of amides is 1. The number of carbonyl (C=O) groups is 1. The second kappa shape index (κ2) is 8.52. The quantitative estimate of drug-likeness (QED) is 0.771. The van der Waals surface area contributed by atoms with Crippen LogP contribution < -0.4 is 11.1 Å². The predicted octanol–water partition coefficient (Wildman–Crippen LogP) is 3.46. The maximum Gasteiger partial charge on any atom is 0.225 e. The molecule has 5 nitrogen and oxygen atoms in total. The molecule has 2 atom stereocenters. The van der Waals surface area contributed by atoms with Crippen molar-refractivity contribution in [3.63, 3.8) is 0 Å². The van der Waals surface area contributed by atoms with E-state index in [4.69, 9.17) is 5.73 Å². The van der Waals surface area contributed by atoms with Gasteiger partial charge < -0.3 is 15.5 Å². The van der Waals surface area contributed by atoms with Crippen LogP contribution in [0.5, 0.6) is 0 Å². The van der Waals surface area contributed by atoms with Crippen LogP contribution >= 0.6 is 40.7 Å². The summed E-state index contributed by atoms with van der Waals surface area (Å²) in [4.78, 5) is 16.9. The summed E-state index contributed by atoms with van der Waals surface area (Å²) in [6.45, 7) is 2.42. The molecule has 24 heavy (non-hydrogen) atoms. The topological polar surface area (TPSA) is 72.4 Å². The van der Waals surface area contributed by atoms with Crippen LogP contribution in [0.1, 0.15) is 38.3 Å². The van der Waals surface area contributed by atoms with Crippen molar-refractivity contribution in [1.29, 1.82) is 0 Å². The first-order valence-corrected chi connectivity index (χ1v) is 8.45. The van der Waals surface area contributed by atoms with Crippen molar-refractivity contribution in [3.05, 3.63) is 34.7 Å². The fourth-order valence-electron chi connectivity index (χ4n) is 3.19. The maximum atomic E-state index is 12.4. The minimum Gasteiger partial charge on any atom is -0.350 e. The minimum absolute atomic E-state index is 0. The van der Waals surface area contributed by atoms with Gasteiger partial charge in [0.25, 0.3) is 0 Å². The van der Waals surface area contributed by atoms with E-state index < -0.39 is 5.54 Å². The molecule has 2 heterocycles. The number of halogens is 3. The van der Waals surface area contributed by atoms with E-state index in [0.717, 1.165) is 41.5 Å². The third-order valence-electron chi connectivity index (χ3n) is 4.48. The fourth-order valence-corrected chi connectivity index (χ4v) is 3.54. The number of imidazole rings is 1. The summed E-state index contributed by atoms with van der Waals surface area (Å²) >= 11 is 3.44. The van der Waals surface area contributed by atoms with Crippen LogP contribution in [0, 0.1) is 5.92 Å². The number of nitrogens with zero attached hydrogens (tertiary/aromatic N) is 2. The van der Waals surface area contributed by atoms with Crippen LogP contribution in [0.15, 0.2) is 29.0 Å². The molecule has 2 aromatic rings. The second-order valence-electron chi connectivity index (χ2n) is 6.37. The lowest BCUT2D eigenvalue weighted by molar-refractivity contribution is -0.128. The van der Waals surface area contributed by atoms with Gasteiger partial charge in [-0.3, -0.25) is 4.79 Å². The monoisotopic (exact) mass is 436 g/mol. The van der Waals surface area contributed by atoms with Gasteiger partial charge in [-0.2, -0.15) is 0 Å². The number of nitrogens with one attached hydrogen (secondary N) is 1. The Morgan fingerprint density at radius 1 is 1.42 bits per heavy atom. The van der Waals surface area contributed by atoms with Crippen molar-refractivity contribution in [2.24, 2.45) is 11.7 Å². The summed E-state index contributed by atoms with van der Waals surface area (Å²) in [5.74, 6) is -0.0598. The molecule has 3 rings (SSSR count). The molecule has 134 valence electrons. The van der Waals surface area contributed by atoms with Gasteiger partial charge in [0.2, 0.25) is 5.91 Å². The van der Waals surface area contributed by atoms with Crippen molar-refractivity contribution in [2.75, 3.05) is 0 Å². The lowest BCUT2D eigenvalue weighted by atomic mass is 9.74. The van der Waals surface area contributed by atoms with E-state index in [0.29, 0.717) is 6.54 Å². The highest BCUT2D eigenvalue weighted by molar-refractivity contribution is 9.10. The van der Waals surface area contributed by atoms with Crippen molar-refractivity contribution < 1.29 is 4.79 Å². The number of hydrogen-bond donors (Lipinski definition) is 2. The second-order valence-corrected chi connectivity index (χ2v) is 7.28. The van der Waals surface area contributed by atoms with Crippen LogP contribution in [0.2, 0.25) is 0 Å². The van der Waals surface area contributed by atoms with Crippen LogP contribution in [-0.4, -0.2) is 20.8 Å². The molecule has 2 unspecified atom stereocenters. The third-order valence-corrected chi connectivity index (χ3v) is 4.95. The average Bonchev–Trinajstić information content (AvgIpc) is 2.86. The van der Waals surface area contributed by atoms with E-state index in [-0.39, 0.29) is 36.6 Å². The Kier molecular flexibility index (Phi) is 7.53. The van der Waals surface area contributed by atoms with Crippen LogP contribution in [0.3, 0.4) is 0 Å². The number of nitrogens with two attached hydrogens (primary N) is 1. The normalized spacial score (nSPS) is 23.2. The largest absolute Gasteiger partial charge is 0.350 e. The molecule has 1 aliphatic rings. The molecule has 2 aromatic heterocycles. The van der Waals surface area contributed by atoms with Gasteiger partial charge in [-0.1, -0.05) is 12.8 Å². The Morgan fingerprint density at radius 3 is 2.88 bits per heavy atom. The first-order chi connectivity index (χ1) is 10.5. The van der Waals surface area contributed by atoms with E-state index in [9.17, 15) is 4.79 Å². The van der Waals surface area contributed by atoms with Crippen molar-refractivity contribution in [2.45, 2.75) is 44.7 Å². The Bertz CT molecular complexity index is 704. The molecule has 3 N–H and O–H groups in total. The fraction of sp³-hybridized carbons (Fsp3) is 0.500. The summed E-state index contributed by atoms with van der Waals surface area (Å²) in [6, 6.07) is 3.89. The van der Waals surface area contributed by atoms with Gasteiger partial charge >= 0.3 is 0 Å². The molecule has 1 fully saturated rings. The lowest BCUT2D eigenvalue weighted by Crippen LogP contribution is -2.52. The molecule has 8 heteroatoms. The number of fused-ring (bicyclic) bond motifs is 1. The summed E-state index contributed by atoms with van der Waals surface area (Å²) in [5.41, 5.74) is 7.60. The van der Waals surface area contributed by atoms with Gasteiger partial charge in [0.05, 0.1) is 18.2 Å². The van der Waals surface area contributed by atoms with Gasteiger partial charge in [0.1, 0.15) is 5.65 Å². The first kappa shape index (κ1) is 21.2. The van der Waals surface area contributed by atoms with Crippen molar-refractivity contribution in [3.8, 4) is 0 Å². The molecule has 1 saturated carbocycles. The van der Waals surface area contributed by atoms with Gasteiger partial charge in [0.15, 0.2) is 0 Å². The van der Waals surface area contributed by atoms with E-state index in [1.807, 2.05) is 35.9 Å². The molecular weight excluding hydrogens is 415 g/mol. The van der Waals surface area contributed by atoms with E-state index in [1.54, 1.807) is 0 Å². The van der Waals surface area contributed by atoms with Crippen LogP contribution in [0.4, 0.5) is 0 Å². The zero-order valence-corrected chi connectivity index (χ0v) is 16.7. The Hall–Kier alpha value is -0.820. The van der Waals surface area contributed by atoms with E-state index in [1.165, 1.54) is 0 Å². The molecule has 0 spiro atoms. The zero-order chi connectivity index (χ0) is 15.7. The minimum atomic E-state index is -0.397. The van der Waals surface area contributed by atoms with E-state index in [2.05, 4.69) is 26.2 Å². The predicted molar refractivity (Wildman–Crippen MR) is 104 cm³/mol. The van der Waals surface area contributed by atoms with Gasteiger partial charge in [-0.15, -0.1) is 24.8 Å². The Balaban J connectivity index is 0.00000144. The number of hydrogen-bond acceptors (Lipinski definition) is 3. The standard InChI is InChI=1S/C16H21BrN4O.2ClH/c1-16(18)7-3-2-4-13(16)15(22)19-8-12-10-21-9-11(17)5-6-14(21)20-12;;/h5-6,9-10,13H,2-4,7-8,18H2,1H3,(H,19,22);2*1H. The summed E-state index contributed by atoms with van der Waals surface area (Å²) in [6.07, 6.45) is 7.85.